The minimum atomic E-state index is -0.455. The zero-order valence-corrected chi connectivity index (χ0v) is 12.5. The lowest BCUT2D eigenvalue weighted by atomic mass is 10.1. The molecule has 108 valence electrons. The first kappa shape index (κ1) is 14.2. The molecule has 2 aromatic rings. The molecule has 0 saturated carbocycles. The molecule has 0 aliphatic heterocycles. The monoisotopic (exact) mass is 322 g/mol. The number of fused-ring (bicyclic) bond motifs is 1. The van der Waals surface area contributed by atoms with Gasteiger partial charge in [-0.3, -0.25) is 10.1 Å². The Hall–Kier alpha value is -1.78. The van der Waals surface area contributed by atoms with Crippen LogP contribution >= 0.6 is 23.2 Å². The highest BCUT2D eigenvalue weighted by Gasteiger charge is 2.22. The number of nitro benzene ring substituents is 1. The third-order valence-electron chi connectivity index (χ3n) is 3.62. The first-order valence-corrected chi connectivity index (χ1v) is 7.26. The quantitative estimate of drug-likeness (QED) is 0.669. The second-order valence-electron chi connectivity index (χ2n) is 5.08. The van der Waals surface area contributed by atoms with Gasteiger partial charge in [-0.1, -0.05) is 29.3 Å². The standard InChI is InChI=1S/C15H12Cl2N2O2/c16-11-2-1-9-6-12(7-10(9)5-11)18-15-4-3-13(19(20)21)8-14(15)17/h1-5,8,12,18H,6-7H2. The van der Waals surface area contributed by atoms with Crippen molar-refractivity contribution in [1.29, 1.82) is 0 Å². The van der Waals surface area contributed by atoms with E-state index in [9.17, 15) is 10.1 Å². The maximum atomic E-state index is 10.7. The molecule has 0 heterocycles. The Labute approximate surface area is 131 Å². The van der Waals surface area contributed by atoms with Crippen molar-refractivity contribution in [3.63, 3.8) is 0 Å². The first-order valence-electron chi connectivity index (χ1n) is 6.51. The van der Waals surface area contributed by atoms with E-state index in [0.717, 1.165) is 17.9 Å². The zero-order chi connectivity index (χ0) is 15.0. The van der Waals surface area contributed by atoms with Gasteiger partial charge < -0.3 is 5.32 Å². The Morgan fingerprint density at radius 2 is 1.86 bits per heavy atom. The number of halogens is 2. The molecule has 3 rings (SSSR count). The number of benzene rings is 2. The molecule has 4 nitrogen and oxygen atoms in total. The number of non-ortho nitro benzene ring substituents is 1. The van der Waals surface area contributed by atoms with Gasteiger partial charge in [0, 0.05) is 23.2 Å². The molecule has 6 heteroatoms. The van der Waals surface area contributed by atoms with E-state index in [-0.39, 0.29) is 11.7 Å². The summed E-state index contributed by atoms with van der Waals surface area (Å²) >= 11 is 12.1. The van der Waals surface area contributed by atoms with Crippen LogP contribution in [0, 0.1) is 10.1 Å². The van der Waals surface area contributed by atoms with Crippen LogP contribution in [0.5, 0.6) is 0 Å². The van der Waals surface area contributed by atoms with Crippen LogP contribution in [0.4, 0.5) is 11.4 Å². The lowest BCUT2D eigenvalue weighted by Crippen LogP contribution is -2.19. The second-order valence-corrected chi connectivity index (χ2v) is 5.93. The third kappa shape index (κ3) is 2.96. The van der Waals surface area contributed by atoms with Crippen LogP contribution in [-0.4, -0.2) is 11.0 Å². The molecule has 0 bridgehead atoms. The summed E-state index contributed by atoms with van der Waals surface area (Å²) in [5.41, 5.74) is 3.21. The molecule has 21 heavy (non-hydrogen) atoms. The highest BCUT2D eigenvalue weighted by atomic mass is 35.5. The van der Waals surface area contributed by atoms with Crippen molar-refractivity contribution in [2.45, 2.75) is 18.9 Å². The summed E-state index contributed by atoms with van der Waals surface area (Å²) in [7, 11) is 0. The molecule has 1 aliphatic rings. The summed E-state index contributed by atoms with van der Waals surface area (Å²) in [5.74, 6) is 0. The maximum Gasteiger partial charge on any atom is 0.271 e. The SMILES string of the molecule is O=[N+]([O-])c1ccc(NC2Cc3ccc(Cl)cc3C2)c(Cl)c1. The van der Waals surface area contributed by atoms with Gasteiger partial charge in [0.2, 0.25) is 0 Å². The smallest absolute Gasteiger partial charge is 0.271 e. The van der Waals surface area contributed by atoms with Gasteiger partial charge in [-0.2, -0.15) is 0 Å². The molecule has 1 N–H and O–H groups in total. The normalized spacial score (nSPS) is 16.6. The molecule has 0 saturated heterocycles. The van der Waals surface area contributed by atoms with Crippen LogP contribution in [-0.2, 0) is 12.8 Å². The van der Waals surface area contributed by atoms with Gasteiger partial charge in [0.05, 0.1) is 15.6 Å². The van der Waals surface area contributed by atoms with Crippen molar-refractivity contribution in [2.75, 3.05) is 5.32 Å². The van der Waals surface area contributed by atoms with Gasteiger partial charge in [0.1, 0.15) is 0 Å². The Kier molecular flexibility index (Phi) is 3.74. The van der Waals surface area contributed by atoms with E-state index in [1.165, 1.54) is 23.3 Å². The summed E-state index contributed by atoms with van der Waals surface area (Å²) in [5, 5.41) is 15.1. The van der Waals surface area contributed by atoms with Crippen LogP contribution in [0.15, 0.2) is 36.4 Å². The predicted molar refractivity (Wildman–Crippen MR) is 84.4 cm³/mol. The highest BCUT2D eigenvalue weighted by molar-refractivity contribution is 6.33. The van der Waals surface area contributed by atoms with Gasteiger partial charge in [-0.25, -0.2) is 0 Å². The van der Waals surface area contributed by atoms with Crippen molar-refractivity contribution in [1.82, 2.24) is 0 Å². The fourth-order valence-electron chi connectivity index (χ4n) is 2.64. The molecule has 1 atom stereocenters. The van der Waals surface area contributed by atoms with Gasteiger partial charge in [-0.15, -0.1) is 0 Å². The maximum absolute atomic E-state index is 10.7. The number of nitrogens with one attached hydrogen (secondary N) is 1. The predicted octanol–water partition coefficient (Wildman–Crippen LogP) is 4.48. The van der Waals surface area contributed by atoms with Gasteiger partial charge in [-0.05, 0) is 42.2 Å². The molecule has 1 aliphatic carbocycles. The third-order valence-corrected chi connectivity index (χ3v) is 4.17. The lowest BCUT2D eigenvalue weighted by molar-refractivity contribution is -0.384. The first-order chi connectivity index (χ1) is 10.0. The molecular weight excluding hydrogens is 311 g/mol. The number of hydrogen-bond donors (Lipinski definition) is 1. The van der Waals surface area contributed by atoms with Crippen molar-refractivity contribution in [2.24, 2.45) is 0 Å². The van der Waals surface area contributed by atoms with E-state index in [0.29, 0.717) is 10.7 Å². The number of nitrogens with zero attached hydrogens (tertiary/aromatic N) is 1. The van der Waals surface area contributed by atoms with Crippen molar-refractivity contribution in [3.8, 4) is 0 Å². The van der Waals surface area contributed by atoms with E-state index in [2.05, 4.69) is 5.32 Å². The Bertz CT molecular complexity index is 719. The fraction of sp³-hybridized carbons (Fsp3) is 0.200. The van der Waals surface area contributed by atoms with Crippen LogP contribution in [0.2, 0.25) is 10.0 Å². The highest BCUT2D eigenvalue weighted by Crippen LogP contribution is 2.31. The van der Waals surface area contributed by atoms with E-state index >= 15 is 0 Å². The van der Waals surface area contributed by atoms with Crippen LogP contribution in [0.25, 0.3) is 0 Å². The van der Waals surface area contributed by atoms with E-state index < -0.39 is 4.92 Å². The van der Waals surface area contributed by atoms with Crippen molar-refractivity contribution in [3.05, 3.63) is 67.7 Å². The van der Waals surface area contributed by atoms with E-state index in [4.69, 9.17) is 23.2 Å². The molecule has 0 aromatic heterocycles. The van der Waals surface area contributed by atoms with Gasteiger partial charge in [0.25, 0.3) is 5.69 Å². The average molecular weight is 323 g/mol. The van der Waals surface area contributed by atoms with Crippen molar-refractivity contribution < 1.29 is 4.92 Å². The summed E-state index contributed by atoms with van der Waals surface area (Å²) in [6.07, 6.45) is 1.75. The summed E-state index contributed by atoms with van der Waals surface area (Å²) in [6, 6.07) is 10.6. The largest absolute Gasteiger partial charge is 0.380 e. The van der Waals surface area contributed by atoms with Gasteiger partial charge >= 0.3 is 0 Å². The van der Waals surface area contributed by atoms with Crippen LogP contribution in [0.3, 0.4) is 0 Å². The zero-order valence-electron chi connectivity index (χ0n) is 11.0. The number of hydrogen-bond acceptors (Lipinski definition) is 3. The molecule has 0 amide bonds. The van der Waals surface area contributed by atoms with Crippen LogP contribution < -0.4 is 5.32 Å². The Morgan fingerprint density at radius 3 is 2.57 bits per heavy atom. The molecule has 1 unspecified atom stereocenters. The molecule has 0 spiro atoms. The van der Waals surface area contributed by atoms with Gasteiger partial charge in [0.15, 0.2) is 0 Å². The molecular formula is C15H12Cl2N2O2. The van der Waals surface area contributed by atoms with E-state index in [1.807, 2.05) is 18.2 Å². The number of anilines is 1. The molecule has 0 fully saturated rings. The lowest BCUT2D eigenvalue weighted by Gasteiger charge is -2.14. The minimum Gasteiger partial charge on any atom is -0.380 e. The molecule has 2 aromatic carbocycles. The van der Waals surface area contributed by atoms with E-state index in [1.54, 1.807) is 6.07 Å². The summed E-state index contributed by atoms with van der Waals surface area (Å²) < 4.78 is 0. The van der Waals surface area contributed by atoms with Crippen LogP contribution in [0.1, 0.15) is 11.1 Å². The van der Waals surface area contributed by atoms with Crippen molar-refractivity contribution >= 4 is 34.6 Å². The Morgan fingerprint density at radius 1 is 1.10 bits per heavy atom. The topological polar surface area (TPSA) is 55.2 Å². The summed E-state index contributed by atoms with van der Waals surface area (Å²) in [4.78, 5) is 10.2. The minimum absolute atomic E-state index is 0.00737. The summed E-state index contributed by atoms with van der Waals surface area (Å²) in [6.45, 7) is 0. The average Bonchev–Trinajstić information content (AvgIpc) is 2.82. The second kappa shape index (κ2) is 5.54. The number of rotatable bonds is 3. The fourth-order valence-corrected chi connectivity index (χ4v) is 3.07. The number of nitro groups is 1. The Balaban J connectivity index is 1.76. The molecule has 0 radical (unpaired) electrons.